The van der Waals surface area contributed by atoms with Gasteiger partial charge in [-0.2, -0.15) is 0 Å². The summed E-state index contributed by atoms with van der Waals surface area (Å²) in [4.78, 5) is 23.7. The third kappa shape index (κ3) is 4.93. The van der Waals surface area contributed by atoms with Gasteiger partial charge < -0.3 is 24.1 Å². The lowest BCUT2D eigenvalue weighted by Crippen LogP contribution is -2.39. The van der Waals surface area contributed by atoms with Crippen LogP contribution in [0.15, 0.2) is 48.8 Å². The summed E-state index contributed by atoms with van der Waals surface area (Å²) >= 11 is 0. The number of imidazole rings is 1. The number of aromatic nitrogens is 5. The van der Waals surface area contributed by atoms with Gasteiger partial charge in [0.25, 0.3) is 5.91 Å². The van der Waals surface area contributed by atoms with Gasteiger partial charge in [0, 0.05) is 38.2 Å². The summed E-state index contributed by atoms with van der Waals surface area (Å²) in [6.07, 6.45) is 5.44. The van der Waals surface area contributed by atoms with Crippen LogP contribution in [0.2, 0.25) is 0 Å². The highest BCUT2D eigenvalue weighted by Gasteiger charge is 2.24. The van der Waals surface area contributed by atoms with Crippen molar-refractivity contribution >= 4 is 17.4 Å². The summed E-state index contributed by atoms with van der Waals surface area (Å²) in [7, 11) is 1.59. The Morgan fingerprint density at radius 3 is 2.69 bits per heavy atom. The Kier molecular flexibility index (Phi) is 6.66. The van der Waals surface area contributed by atoms with Crippen molar-refractivity contribution in [3.8, 4) is 11.6 Å². The number of aryl methyl sites for hydroxylation is 2. The van der Waals surface area contributed by atoms with E-state index in [1.807, 2.05) is 48.7 Å². The van der Waals surface area contributed by atoms with E-state index in [1.54, 1.807) is 25.4 Å². The van der Waals surface area contributed by atoms with Gasteiger partial charge in [-0.3, -0.25) is 4.79 Å². The van der Waals surface area contributed by atoms with Crippen LogP contribution in [0.25, 0.3) is 5.65 Å². The van der Waals surface area contributed by atoms with Crippen LogP contribution >= 0.6 is 0 Å². The van der Waals surface area contributed by atoms with Crippen LogP contribution in [0.1, 0.15) is 40.3 Å². The maximum Gasteiger partial charge on any atom is 0.272 e. The number of nitrogens with one attached hydrogen (secondary N) is 1. The minimum atomic E-state index is -0.261. The molecule has 1 saturated heterocycles. The predicted octanol–water partition coefficient (Wildman–Crippen LogP) is 3.12. The number of rotatable bonds is 7. The first-order chi connectivity index (χ1) is 17.5. The standard InChI is InChI=1S/C26H29N7O3/c1-17-14-21(26(34)28-16-22-18(2)29-23-6-4-5-11-33(22)23)30-31-25(17)32-12-9-19(10-13-32)36-20-7-8-24(35-3)27-15-20/h4-8,11,14-15,19H,9-10,12-13,16H2,1-3H3,(H,28,34). The first kappa shape index (κ1) is 23.5. The fraction of sp³-hybridized carbons (Fsp3) is 0.346. The van der Waals surface area contributed by atoms with Gasteiger partial charge in [-0.15, -0.1) is 10.2 Å². The Morgan fingerprint density at radius 2 is 1.97 bits per heavy atom. The maximum atomic E-state index is 12.8. The zero-order chi connectivity index (χ0) is 25.1. The molecule has 1 aliphatic heterocycles. The normalized spacial score (nSPS) is 14.1. The summed E-state index contributed by atoms with van der Waals surface area (Å²) < 4.78 is 13.1. The number of anilines is 1. The monoisotopic (exact) mass is 487 g/mol. The summed E-state index contributed by atoms with van der Waals surface area (Å²) in [6.45, 7) is 5.84. The average molecular weight is 488 g/mol. The van der Waals surface area contributed by atoms with Gasteiger partial charge >= 0.3 is 0 Å². The summed E-state index contributed by atoms with van der Waals surface area (Å²) in [5, 5.41) is 11.6. The van der Waals surface area contributed by atoms with E-state index in [0.29, 0.717) is 18.1 Å². The first-order valence-electron chi connectivity index (χ1n) is 12.0. The van der Waals surface area contributed by atoms with Gasteiger partial charge in [0.05, 0.1) is 31.2 Å². The molecule has 10 heteroatoms. The molecule has 1 fully saturated rings. The van der Waals surface area contributed by atoms with Crippen LogP contribution < -0.4 is 19.7 Å². The van der Waals surface area contributed by atoms with Crippen molar-refractivity contribution in [2.24, 2.45) is 0 Å². The van der Waals surface area contributed by atoms with E-state index >= 15 is 0 Å². The zero-order valence-corrected chi connectivity index (χ0v) is 20.6. The van der Waals surface area contributed by atoms with E-state index in [1.165, 1.54) is 0 Å². The van der Waals surface area contributed by atoms with E-state index < -0.39 is 0 Å². The molecule has 0 unspecified atom stereocenters. The molecule has 0 atom stereocenters. The van der Waals surface area contributed by atoms with Gasteiger partial charge in [0.15, 0.2) is 11.5 Å². The molecule has 0 spiro atoms. The van der Waals surface area contributed by atoms with Gasteiger partial charge in [0.1, 0.15) is 17.5 Å². The largest absolute Gasteiger partial charge is 0.489 e. The number of hydrogen-bond acceptors (Lipinski definition) is 8. The van der Waals surface area contributed by atoms with Gasteiger partial charge in [0.2, 0.25) is 5.88 Å². The van der Waals surface area contributed by atoms with Crippen LogP contribution in [0.3, 0.4) is 0 Å². The molecule has 0 aliphatic carbocycles. The van der Waals surface area contributed by atoms with Crippen molar-refractivity contribution in [1.29, 1.82) is 0 Å². The molecule has 1 N–H and O–H groups in total. The van der Waals surface area contributed by atoms with Crippen LogP contribution in [0.5, 0.6) is 11.6 Å². The third-order valence-corrected chi connectivity index (χ3v) is 6.40. The summed E-state index contributed by atoms with van der Waals surface area (Å²) in [5.74, 6) is 1.84. The molecule has 4 aromatic heterocycles. The van der Waals surface area contributed by atoms with Crippen LogP contribution in [0.4, 0.5) is 5.82 Å². The molecule has 1 aliphatic rings. The smallest absolute Gasteiger partial charge is 0.272 e. The Bertz CT molecular complexity index is 1360. The lowest BCUT2D eigenvalue weighted by Gasteiger charge is -2.33. The fourth-order valence-corrected chi connectivity index (χ4v) is 4.47. The number of nitrogens with zero attached hydrogens (tertiary/aromatic N) is 6. The van der Waals surface area contributed by atoms with Crippen molar-refractivity contribution in [3.63, 3.8) is 0 Å². The Morgan fingerprint density at radius 1 is 1.14 bits per heavy atom. The Labute approximate surface area is 209 Å². The van der Waals surface area contributed by atoms with Crippen molar-refractivity contribution in [1.82, 2.24) is 29.9 Å². The molecule has 36 heavy (non-hydrogen) atoms. The molecule has 0 aromatic carbocycles. The predicted molar refractivity (Wildman–Crippen MR) is 135 cm³/mol. The summed E-state index contributed by atoms with van der Waals surface area (Å²) in [5.41, 5.74) is 3.90. The van der Waals surface area contributed by atoms with E-state index in [4.69, 9.17) is 9.47 Å². The minimum Gasteiger partial charge on any atom is -0.489 e. The molecule has 5 heterocycles. The quantitative estimate of drug-likeness (QED) is 0.424. The third-order valence-electron chi connectivity index (χ3n) is 6.40. The zero-order valence-electron chi connectivity index (χ0n) is 20.6. The number of carbonyl (C=O) groups excluding carboxylic acids is 1. The number of methoxy groups -OCH3 is 1. The maximum absolute atomic E-state index is 12.8. The number of carbonyl (C=O) groups is 1. The highest BCUT2D eigenvalue weighted by molar-refractivity contribution is 5.92. The van der Waals surface area contributed by atoms with Crippen molar-refractivity contribution in [2.75, 3.05) is 25.1 Å². The van der Waals surface area contributed by atoms with E-state index in [0.717, 1.165) is 60.1 Å². The Balaban J connectivity index is 1.17. The lowest BCUT2D eigenvalue weighted by atomic mass is 10.1. The SMILES string of the molecule is COc1ccc(OC2CCN(c3nnc(C(=O)NCc4c(C)nc5ccccn45)cc3C)CC2)cn1. The molecule has 4 aromatic rings. The molecule has 186 valence electrons. The second kappa shape index (κ2) is 10.2. The molecule has 0 radical (unpaired) electrons. The molecule has 5 rings (SSSR count). The van der Waals surface area contributed by atoms with Crippen LogP contribution in [0, 0.1) is 13.8 Å². The molecule has 0 bridgehead atoms. The highest BCUT2D eigenvalue weighted by atomic mass is 16.5. The average Bonchev–Trinajstić information content (AvgIpc) is 3.23. The van der Waals surface area contributed by atoms with Gasteiger partial charge in [-0.25, -0.2) is 9.97 Å². The number of hydrogen-bond donors (Lipinski definition) is 1. The van der Waals surface area contributed by atoms with Crippen molar-refractivity contribution in [3.05, 3.63) is 71.4 Å². The number of ether oxygens (including phenoxy) is 2. The lowest BCUT2D eigenvalue weighted by molar-refractivity contribution is 0.0944. The number of amides is 1. The Hall–Kier alpha value is -4.21. The van der Waals surface area contributed by atoms with Gasteiger partial charge in [-0.1, -0.05) is 6.07 Å². The minimum absolute atomic E-state index is 0.109. The van der Waals surface area contributed by atoms with E-state index in [9.17, 15) is 4.79 Å². The van der Waals surface area contributed by atoms with E-state index in [-0.39, 0.29) is 12.0 Å². The van der Waals surface area contributed by atoms with Crippen LogP contribution in [-0.4, -0.2) is 56.8 Å². The molecule has 1 amide bonds. The second-order valence-corrected chi connectivity index (χ2v) is 8.83. The number of fused-ring (bicyclic) bond motifs is 1. The van der Waals surface area contributed by atoms with E-state index in [2.05, 4.69) is 30.4 Å². The second-order valence-electron chi connectivity index (χ2n) is 8.83. The fourth-order valence-electron chi connectivity index (χ4n) is 4.47. The molecule has 0 saturated carbocycles. The topological polar surface area (TPSA) is 107 Å². The highest BCUT2D eigenvalue weighted by Crippen LogP contribution is 2.24. The summed E-state index contributed by atoms with van der Waals surface area (Å²) in [6, 6.07) is 11.3. The first-order valence-corrected chi connectivity index (χ1v) is 12.0. The molecular formula is C26H29N7O3. The van der Waals surface area contributed by atoms with Gasteiger partial charge in [-0.05, 0) is 43.7 Å². The van der Waals surface area contributed by atoms with Crippen molar-refractivity contribution in [2.45, 2.75) is 39.3 Å². The van der Waals surface area contributed by atoms with Crippen molar-refractivity contribution < 1.29 is 14.3 Å². The molecule has 10 nitrogen and oxygen atoms in total. The van der Waals surface area contributed by atoms with Crippen LogP contribution in [-0.2, 0) is 6.54 Å². The molecular weight excluding hydrogens is 458 g/mol. The number of piperidine rings is 1. The number of pyridine rings is 2.